The van der Waals surface area contributed by atoms with E-state index in [9.17, 15) is 13.2 Å². The highest BCUT2D eigenvalue weighted by atomic mass is 79.9. The van der Waals surface area contributed by atoms with E-state index in [2.05, 4.69) is 26.5 Å². The van der Waals surface area contributed by atoms with E-state index in [0.29, 0.717) is 43.2 Å². The summed E-state index contributed by atoms with van der Waals surface area (Å²) in [5, 5.41) is 4.00. The SMILES string of the molecule is COc1ccc(OC)c(/C=N\NC(=O)CN2CCN(S(=O)(=O)c3ccc(Br)cc3)CC2)c1. The number of methoxy groups -OCH3 is 2. The zero-order valence-electron chi connectivity index (χ0n) is 17.8. The van der Waals surface area contributed by atoms with Crippen molar-refractivity contribution < 1.29 is 22.7 Å². The molecule has 1 N–H and O–H groups in total. The fourth-order valence-electron chi connectivity index (χ4n) is 3.24. The second-order valence-electron chi connectivity index (χ2n) is 7.04. The van der Waals surface area contributed by atoms with Crippen molar-refractivity contribution in [1.82, 2.24) is 14.6 Å². The summed E-state index contributed by atoms with van der Waals surface area (Å²) in [6, 6.07) is 11.8. The summed E-state index contributed by atoms with van der Waals surface area (Å²) < 4.78 is 38.3. The number of piperazine rings is 1. The van der Waals surface area contributed by atoms with Crippen LogP contribution in [0.4, 0.5) is 0 Å². The first-order valence-electron chi connectivity index (χ1n) is 9.85. The van der Waals surface area contributed by atoms with E-state index in [4.69, 9.17) is 9.47 Å². The number of halogens is 1. The lowest BCUT2D eigenvalue weighted by molar-refractivity contribution is -0.122. The molecule has 2 aromatic carbocycles. The van der Waals surface area contributed by atoms with Crippen LogP contribution >= 0.6 is 15.9 Å². The first kappa shape index (κ1) is 24.2. The van der Waals surface area contributed by atoms with Crippen LogP contribution in [0, 0.1) is 0 Å². The summed E-state index contributed by atoms with van der Waals surface area (Å²) in [4.78, 5) is 14.4. The van der Waals surface area contributed by atoms with Crippen LogP contribution < -0.4 is 14.9 Å². The molecule has 0 spiro atoms. The van der Waals surface area contributed by atoms with Crippen LogP contribution in [0.2, 0.25) is 0 Å². The van der Waals surface area contributed by atoms with Gasteiger partial charge in [-0.2, -0.15) is 9.41 Å². The van der Waals surface area contributed by atoms with Crippen LogP contribution in [-0.2, 0) is 14.8 Å². The van der Waals surface area contributed by atoms with Gasteiger partial charge in [0.1, 0.15) is 11.5 Å². The highest BCUT2D eigenvalue weighted by molar-refractivity contribution is 9.10. The van der Waals surface area contributed by atoms with Crippen LogP contribution in [-0.4, -0.2) is 76.7 Å². The minimum atomic E-state index is -3.55. The van der Waals surface area contributed by atoms with Gasteiger partial charge in [-0.3, -0.25) is 9.69 Å². The maximum absolute atomic E-state index is 12.8. The largest absolute Gasteiger partial charge is 0.497 e. The summed E-state index contributed by atoms with van der Waals surface area (Å²) >= 11 is 3.31. The van der Waals surface area contributed by atoms with E-state index in [1.54, 1.807) is 56.7 Å². The van der Waals surface area contributed by atoms with Crippen LogP contribution in [0.3, 0.4) is 0 Å². The number of sulfonamides is 1. The highest BCUT2D eigenvalue weighted by Gasteiger charge is 2.28. The van der Waals surface area contributed by atoms with E-state index >= 15 is 0 Å². The number of carbonyl (C=O) groups is 1. The molecule has 1 aliphatic rings. The van der Waals surface area contributed by atoms with E-state index in [1.807, 2.05) is 4.90 Å². The molecule has 1 saturated heterocycles. The molecule has 9 nitrogen and oxygen atoms in total. The molecule has 0 radical (unpaired) electrons. The molecule has 3 rings (SSSR count). The molecule has 1 fully saturated rings. The lowest BCUT2D eigenvalue weighted by Gasteiger charge is -2.33. The summed E-state index contributed by atoms with van der Waals surface area (Å²) in [5.74, 6) is 0.966. The van der Waals surface area contributed by atoms with Crippen LogP contribution in [0.25, 0.3) is 0 Å². The third kappa shape index (κ3) is 6.06. The van der Waals surface area contributed by atoms with Gasteiger partial charge in [-0.25, -0.2) is 13.8 Å². The maximum Gasteiger partial charge on any atom is 0.254 e. The molecule has 2 aromatic rings. The van der Waals surface area contributed by atoms with E-state index in [1.165, 1.54) is 10.5 Å². The smallest absolute Gasteiger partial charge is 0.254 e. The van der Waals surface area contributed by atoms with Gasteiger partial charge in [-0.1, -0.05) is 15.9 Å². The molecule has 1 amide bonds. The number of hydrogen-bond donors (Lipinski definition) is 1. The van der Waals surface area contributed by atoms with Crippen LogP contribution in [0.15, 0.2) is 56.9 Å². The topological polar surface area (TPSA) is 101 Å². The lowest BCUT2D eigenvalue weighted by Crippen LogP contribution is -2.50. The molecular weight excluding hydrogens is 500 g/mol. The normalized spacial score (nSPS) is 15.6. The number of carbonyl (C=O) groups excluding carboxylic acids is 1. The molecule has 0 aliphatic carbocycles. The predicted molar refractivity (Wildman–Crippen MR) is 125 cm³/mol. The molecular formula is C21H25BrN4O5S. The standard InChI is InChI=1S/C21H25BrN4O5S/c1-30-18-5-8-20(31-2)16(13-18)14-23-24-21(27)15-25-9-11-26(12-10-25)32(28,29)19-6-3-17(22)4-7-19/h3-8,13-14H,9-12,15H2,1-2H3,(H,24,27)/b23-14-. The Labute approximate surface area is 196 Å². The van der Waals surface area contributed by atoms with Gasteiger partial charge in [0.15, 0.2) is 0 Å². The molecule has 0 aromatic heterocycles. The van der Waals surface area contributed by atoms with Crippen molar-refractivity contribution in [2.24, 2.45) is 5.10 Å². The number of amides is 1. The average Bonchev–Trinajstić information content (AvgIpc) is 2.79. The van der Waals surface area contributed by atoms with Gasteiger partial charge >= 0.3 is 0 Å². The molecule has 0 unspecified atom stereocenters. The molecule has 172 valence electrons. The molecule has 32 heavy (non-hydrogen) atoms. The van der Waals surface area contributed by atoms with Crippen molar-refractivity contribution in [2.75, 3.05) is 46.9 Å². The lowest BCUT2D eigenvalue weighted by atomic mass is 10.2. The fourth-order valence-corrected chi connectivity index (χ4v) is 4.92. The Bertz CT molecular complexity index is 1070. The Morgan fingerprint density at radius 1 is 1.09 bits per heavy atom. The van der Waals surface area contributed by atoms with E-state index in [-0.39, 0.29) is 17.3 Å². The fraction of sp³-hybridized carbons (Fsp3) is 0.333. The van der Waals surface area contributed by atoms with Gasteiger partial charge in [-0.15, -0.1) is 0 Å². The van der Waals surface area contributed by atoms with Crippen LogP contribution in [0.1, 0.15) is 5.56 Å². The second-order valence-corrected chi connectivity index (χ2v) is 9.89. The van der Waals surface area contributed by atoms with Crippen molar-refractivity contribution >= 4 is 38.1 Å². The predicted octanol–water partition coefficient (Wildman–Crippen LogP) is 1.92. The van der Waals surface area contributed by atoms with Gasteiger partial charge in [0.2, 0.25) is 10.0 Å². The minimum absolute atomic E-state index is 0.124. The zero-order valence-corrected chi connectivity index (χ0v) is 20.2. The minimum Gasteiger partial charge on any atom is -0.497 e. The first-order valence-corrected chi connectivity index (χ1v) is 12.1. The Hall–Kier alpha value is -2.47. The number of ether oxygens (including phenoxy) is 2. The third-order valence-corrected chi connectivity index (χ3v) is 7.42. The molecule has 0 saturated carbocycles. The van der Waals surface area contributed by atoms with Crippen molar-refractivity contribution in [3.63, 3.8) is 0 Å². The number of nitrogens with zero attached hydrogens (tertiary/aromatic N) is 3. The molecule has 0 bridgehead atoms. The molecule has 1 heterocycles. The second kappa shape index (κ2) is 10.9. The molecule has 11 heteroatoms. The van der Waals surface area contributed by atoms with Crippen molar-refractivity contribution in [3.8, 4) is 11.5 Å². The van der Waals surface area contributed by atoms with Gasteiger partial charge < -0.3 is 9.47 Å². The summed E-state index contributed by atoms with van der Waals surface area (Å²) in [6.07, 6.45) is 1.49. The van der Waals surface area contributed by atoms with Crippen molar-refractivity contribution in [2.45, 2.75) is 4.90 Å². The molecule has 1 aliphatic heterocycles. The van der Waals surface area contributed by atoms with E-state index in [0.717, 1.165) is 4.47 Å². The number of hydrogen-bond acceptors (Lipinski definition) is 7. The van der Waals surface area contributed by atoms with Crippen molar-refractivity contribution in [3.05, 3.63) is 52.5 Å². The van der Waals surface area contributed by atoms with Gasteiger partial charge in [0.25, 0.3) is 5.91 Å². The monoisotopic (exact) mass is 524 g/mol. The van der Waals surface area contributed by atoms with Crippen LogP contribution in [0.5, 0.6) is 11.5 Å². The molecule has 0 atom stereocenters. The summed E-state index contributed by atoms with van der Waals surface area (Å²) in [5.41, 5.74) is 3.16. The first-order chi connectivity index (χ1) is 15.3. The Morgan fingerprint density at radius 2 is 1.78 bits per heavy atom. The maximum atomic E-state index is 12.8. The number of hydrazone groups is 1. The number of nitrogens with one attached hydrogen (secondary N) is 1. The van der Waals surface area contributed by atoms with Gasteiger partial charge in [-0.05, 0) is 42.5 Å². The quantitative estimate of drug-likeness (QED) is 0.418. The highest BCUT2D eigenvalue weighted by Crippen LogP contribution is 2.22. The average molecular weight is 525 g/mol. The Kier molecular flexibility index (Phi) is 8.24. The number of rotatable bonds is 8. The number of benzene rings is 2. The Morgan fingerprint density at radius 3 is 2.41 bits per heavy atom. The zero-order chi connectivity index (χ0) is 23.1. The summed E-state index contributed by atoms with van der Waals surface area (Å²) in [7, 11) is -0.434. The third-order valence-electron chi connectivity index (χ3n) is 4.98. The Balaban J connectivity index is 1.50. The van der Waals surface area contributed by atoms with Crippen molar-refractivity contribution in [1.29, 1.82) is 0 Å². The van der Waals surface area contributed by atoms with Gasteiger partial charge in [0.05, 0.1) is 31.9 Å². The van der Waals surface area contributed by atoms with E-state index < -0.39 is 10.0 Å². The van der Waals surface area contributed by atoms with Gasteiger partial charge in [0, 0.05) is 36.2 Å². The summed E-state index contributed by atoms with van der Waals surface area (Å²) in [6.45, 7) is 1.66.